The quantitative estimate of drug-likeness (QED) is 0.746. The van der Waals surface area contributed by atoms with Crippen LogP contribution < -0.4 is 5.32 Å². The zero-order chi connectivity index (χ0) is 11.5. The van der Waals surface area contributed by atoms with Crippen LogP contribution in [0.3, 0.4) is 0 Å². The fourth-order valence-corrected chi connectivity index (χ4v) is 1.89. The molecule has 0 aromatic carbocycles. The van der Waals surface area contributed by atoms with E-state index in [0.29, 0.717) is 12.0 Å². The molecule has 1 heteroatoms. The first-order chi connectivity index (χ1) is 6.95. The number of rotatable bonds is 3. The first kappa shape index (κ1) is 12.5. The largest absolute Gasteiger partial charge is 0.310 e. The van der Waals surface area contributed by atoms with Gasteiger partial charge in [0, 0.05) is 6.04 Å². The maximum absolute atomic E-state index is 3.56. The Hall–Kier alpha value is -0.560. The average Bonchev–Trinajstić information content (AvgIpc) is 2.14. The lowest BCUT2D eigenvalue weighted by molar-refractivity contribution is 0.462. The van der Waals surface area contributed by atoms with Gasteiger partial charge in [-0.2, -0.15) is 0 Å². The van der Waals surface area contributed by atoms with Crippen molar-refractivity contribution in [3.63, 3.8) is 0 Å². The zero-order valence-corrected chi connectivity index (χ0v) is 10.8. The Labute approximate surface area is 94.6 Å². The lowest BCUT2D eigenvalue weighted by Gasteiger charge is -2.29. The van der Waals surface area contributed by atoms with E-state index in [4.69, 9.17) is 0 Å². The zero-order valence-electron chi connectivity index (χ0n) is 10.8. The Bertz CT molecular complexity index is 255. The third-order valence-electron chi connectivity index (χ3n) is 2.99. The molecule has 15 heavy (non-hydrogen) atoms. The van der Waals surface area contributed by atoms with Gasteiger partial charge in [-0.05, 0) is 29.9 Å². The minimum absolute atomic E-state index is 0.278. The van der Waals surface area contributed by atoms with Gasteiger partial charge in [0.25, 0.3) is 0 Å². The van der Waals surface area contributed by atoms with Crippen LogP contribution >= 0.6 is 0 Å². The van der Waals surface area contributed by atoms with Crippen molar-refractivity contribution in [3.8, 4) is 0 Å². The van der Waals surface area contributed by atoms with E-state index in [1.54, 1.807) is 0 Å². The Balaban J connectivity index is 2.62. The Morgan fingerprint density at radius 2 is 2.00 bits per heavy atom. The molecule has 2 unspecified atom stereocenters. The molecule has 0 saturated carbocycles. The van der Waals surface area contributed by atoms with Crippen LogP contribution in [0, 0.1) is 11.3 Å². The van der Waals surface area contributed by atoms with E-state index in [1.165, 1.54) is 12.0 Å². The summed E-state index contributed by atoms with van der Waals surface area (Å²) in [5.41, 5.74) is 1.74. The maximum atomic E-state index is 3.56. The van der Waals surface area contributed by atoms with Gasteiger partial charge in [0.1, 0.15) is 0 Å². The van der Waals surface area contributed by atoms with E-state index in [-0.39, 0.29) is 5.41 Å². The van der Waals surface area contributed by atoms with Gasteiger partial charge in [-0.1, -0.05) is 52.8 Å². The summed E-state index contributed by atoms with van der Waals surface area (Å²) in [6, 6.07) is 0.524. The van der Waals surface area contributed by atoms with Gasteiger partial charge in [-0.25, -0.2) is 0 Å². The highest BCUT2D eigenvalue weighted by Gasteiger charge is 2.22. The average molecular weight is 207 g/mol. The van der Waals surface area contributed by atoms with Gasteiger partial charge in [-0.3, -0.25) is 0 Å². The summed E-state index contributed by atoms with van der Waals surface area (Å²) >= 11 is 0. The second-order valence-corrected chi connectivity index (χ2v) is 5.57. The molecular formula is C14H25N. The second kappa shape index (κ2) is 4.98. The third kappa shape index (κ3) is 3.49. The van der Waals surface area contributed by atoms with E-state index in [9.17, 15) is 0 Å². The van der Waals surface area contributed by atoms with Crippen LogP contribution in [0.5, 0.6) is 0 Å². The number of nitrogens with one attached hydrogen (secondary N) is 1. The first-order valence-corrected chi connectivity index (χ1v) is 6.09. The van der Waals surface area contributed by atoms with E-state index in [2.05, 4.69) is 58.2 Å². The molecule has 1 N–H and O–H groups in total. The molecule has 0 heterocycles. The summed E-state index contributed by atoms with van der Waals surface area (Å²) in [5.74, 6) is 0.607. The lowest BCUT2D eigenvalue weighted by Crippen LogP contribution is -2.35. The molecule has 0 spiro atoms. The standard InChI is InChI=1S/C14H25N/c1-6-9-15-13-8-7-12(10-11(13)2)14(3,4)5/h7-8,10-11,13,15H,6,9H2,1-5H3. The van der Waals surface area contributed by atoms with Gasteiger partial charge in [0.2, 0.25) is 0 Å². The molecule has 1 rings (SSSR count). The van der Waals surface area contributed by atoms with Crippen molar-refractivity contribution >= 4 is 0 Å². The van der Waals surface area contributed by atoms with Crippen LogP contribution in [0.2, 0.25) is 0 Å². The molecule has 0 bridgehead atoms. The first-order valence-electron chi connectivity index (χ1n) is 6.09. The molecule has 1 aliphatic rings. The van der Waals surface area contributed by atoms with E-state index in [1.807, 2.05) is 0 Å². The van der Waals surface area contributed by atoms with Crippen LogP contribution in [0.25, 0.3) is 0 Å². The van der Waals surface area contributed by atoms with Gasteiger partial charge in [-0.15, -0.1) is 0 Å². The van der Waals surface area contributed by atoms with E-state index >= 15 is 0 Å². The van der Waals surface area contributed by atoms with Crippen LogP contribution in [0.1, 0.15) is 41.0 Å². The van der Waals surface area contributed by atoms with Gasteiger partial charge in [0.05, 0.1) is 0 Å². The minimum Gasteiger partial charge on any atom is -0.310 e. The van der Waals surface area contributed by atoms with Gasteiger partial charge < -0.3 is 5.32 Å². The lowest BCUT2D eigenvalue weighted by atomic mass is 9.80. The predicted molar refractivity (Wildman–Crippen MR) is 67.9 cm³/mol. The Morgan fingerprint density at radius 1 is 1.33 bits per heavy atom. The summed E-state index contributed by atoms with van der Waals surface area (Å²) in [4.78, 5) is 0. The summed E-state index contributed by atoms with van der Waals surface area (Å²) < 4.78 is 0. The van der Waals surface area contributed by atoms with Crippen LogP contribution in [0.4, 0.5) is 0 Å². The molecule has 0 saturated heterocycles. The Morgan fingerprint density at radius 3 is 2.47 bits per heavy atom. The van der Waals surface area contributed by atoms with Crippen LogP contribution in [-0.4, -0.2) is 12.6 Å². The molecule has 0 fully saturated rings. The molecule has 0 aliphatic heterocycles. The second-order valence-electron chi connectivity index (χ2n) is 5.57. The normalized spacial score (nSPS) is 26.6. The topological polar surface area (TPSA) is 12.0 Å². The van der Waals surface area contributed by atoms with Crippen molar-refractivity contribution in [2.75, 3.05) is 6.54 Å². The maximum Gasteiger partial charge on any atom is 0.0313 e. The summed E-state index contributed by atoms with van der Waals surface area (Å²) in [6.45, 7) is 12.4. The summed E-state index contributed by atoms with van der Waals surface area (Å²) in [5, 5.41) is 3.56. The monoisotopic (exact) mass is 207 g/mol. The fourth-order valence-electron chi connectivity index (χ4n) is 1.89. The predicted octanol–water partition coefficient (Wildman–Crippen LogP) is 3.53. The smallest absolute Gasteiger partial charge is 0.0313 e. The van der Waals surface area contributed by atoms with Crippen LogP contribution in [-0.2, 0) is 0 Å². The van der Waals surface area contributed by atoms with Gasteiger partial charge in [0.15, 0.2) is 0 Å². The van der Waals surface area contributed by atoms with Crippen molar-refractivity contribution in [2.45, 2.75) is 47.1 Å². The summed E-state index contributed by atoms with van der Waals surface area (Å²) in [6.07, 6.45) is 8.22. The molecule has 0 aromatic rings. The van der Waals surface area contributed by atoms with Crippen molar-refractivity contribution in [1.29, 1.82) is 0 Å². The molecule has 2 atom stereocenters. The molecule has 0 aromatic heterocycles. The van der Waals surface area contributed by atoms with Crippen LogP contribution in [0.15, 0.2) is 23.8 Å². The molecule has 0 radical (unpaired) electrons. The number of hydrogen-bond acceptors (Lipinski definition) is 1. The Kier molecular flexibility index (Phi) is 4.15. The highest BCUT2D eigenvalue weighted by Crippen LogP contribution is 2.31. The third-order valence-corrected chi connectivity index (χ3v) is 2.99. The molecule has 0 amide bonds. The molecule has 1 nitrogen and oxygen atoms in total. The SMILES string of the molecule is CCCNC1C=CC(C(C)(C)C)=CC1C. The molecular weight excluding hydrogens is 182 g/mol. The van der Waals surface area contributed by atoms with Crippen molar-refractivity contribution < 1.29 is 0 Å². The highest BCUT2D eigenvalue weighted by atomic mass is 14.9. The summed E-state index contributed by atoms with van der Waals surface area (Å²) in [7, 11) is 0. The fraction of sp³-hybridized carbons (Fsp3) is 0.714. The van der Waals surface area contributed by atoms with Crippen molar-refractivity contribution in [3.05, 3.63) is 23.8 Å². The van der Waals surface area contributed by atoms with E-state index in [0.717, 1.165) is 6.54 Å². The molecule has 86 valence electrons. The number of allylic oxidation sites excluding steroid dienone is 2. The minimum atomic E-state index is 0.278. The van der Waals surface area contributed by atoms with Crippen molar-refractivity contribution in [1.82, 2.24) is 5.32 Å². The highest BCUT2D eigenvalue weighted by molar-refractivity contribution is 5.31. The molecule has 1 aliphatic carbocycles. The van der Waals surface area contributed by atoms with Gasteiger partial charge >= 0.3 is 0 Å². The number of hydrogen-bond donors (Lipinski definition) is 1. The van der Waals surface area contributed by atoms with Crippen molar-refractivity contribution in [2.24, 2.45) is 11.3 Å². The van der Waals surface area contributed by atoms with E-state index < -0.39 is 0 Å².